The highest BCUT2D eigenvalue weighted by atomic mass is 32.2. The fraction of sp³-hybridized carbons (Fsp3) is 0. The van der Waals surface area contributed by atoms with E-state index in [0.29, 0.717) is 17.2 Å². The number of thiazole rings is 1. The number of hydrogen-bond donors (Lipinski definition) is 1. The van der Waals surface area contributed by atoms with Crippen molar-refractivity contribution in [2.75, 3.05) is 4.72 Å². The van der Waals surface area contributed by atoms with Crippen LogP contribution in [-0.2, 0) is 10.0 Å². The summed E-state index contributed by atoms with van der Waals surface area (Å²) in [4.78, 5) is 5.61. The van der Waals surface area contributed by atoms with Crippen molar-refractivity contribution in [3.8, 4) is 22.8 Å². The molecule has 0 aliphatic carbocycles. The minimum Gasteiger partial charge on any atom is -0.457 e. The van der Waals surface area contributed by atoms with Crippen LogP contribution in [0.4, 0.5) is 5.69 Å². The Morgan fingerprint density at radius 1 is 0.903 bits per heavy atom. The van der Waals surface area contributed by atoms with E-state index in [1.165, 1.54) is 12.1 Å². The first-order chi connectivity index (χ1) is 15.1. The van der Waals surface area contributed by atoms with Crippen molar-refractivity contribution in [2.45, 2.75) is 4.90 Å². The molecule has 6 nitrogen and oxygen atoms in total. The Hall–Kier alpha value is -3.62. The predicted octanol–water partition coefficient (Wildman–Crippen LogP) is 5.66. The molecule has 0 bridgehead atoms. The van der Waals surface area contributed by atoms with Crippen LogP contribution in [0.1, 0.15) is 0 Å². The molecule has 2 heterocycles. The molecule has 0 amide bonds. The lowest BCUT2D eigenvalue weighted by Crippen LogP contribution is -2.12. The lowest BCUT2D eigenvalue weighted by molar-refractivity contribution is 0.482. The molecule has 0 unspecified atom stereocenters. The van der Waals surface area contributed by atoms with Gasteiger partial charge in [-0.25, -0.2) is 13.4 Å². The fourth-order valence-electron chi connectivity index (χ4n) is 3.13. The van der Waals surface area contributed by atoms with E-state index in [0.717, 1.165) is 16.2 Å². The first-order valence-electron chi connectivity index (χ1n) is 9.45. The van der Waals surface area contributed by atoms with E-state index in [1.54, 1.807) is 41.7 Å². The summed E-state index contributed by atoms with van der Waals surface area (Å²) in [5.74, 6) is 1.25. The summed E-state index contributed by atoms with van der Waals surface area (Å²) in [6.45, 7) is 0. The van der Waals surface area contributed by atoms with Crippen LogP contribution >= 0.6 is 11.3 Å². The van der Waals surface area contributed by atoms with Gasteiger partial charge in [0, 0.05) is 29.0 Å². The van der Waals surface area contributed by atoms with E-state index >= 15 is 0 Å². The van der Waals surface area contributed by atoms with Crippen molar-refractivity contribution in [3.05, 3.63) is 96.6 Å². The number of imidazole rings is 1. The standard InChI is InChI=1S/C23H17N3O3S2/c27-31(28,21-11-9-20(10-12-21)29-19-7-2-1-3-8-19)25-18-6-4-5-17(15-18)22-16-26-13-14-30-23(26)24-22/h1-16,25H. The van der Waals surface area contributed by atoms with Crippen LogP contribution < -0.4 is 9.46 Å². The van der Waals surface area contributed by atoms with Crippen molar-refractivity contribution in [3.63, 3.8) is 0 Å². The van der Waals surface area contributed by atoms with Gasteiger partial charge in [-0.3, -0.25) is 9.12 Å². The smallest absolute Gasteiger partial charge is 0.261 e. The van der Waals surface area contributed by atoms with Crippen LogP contribution in [0.25, 0.3) is 16.2 Å². The first-order valence-corrected chi connectivity index (χ1v) is 11.8. The average molecular weight is 448 g/mol. The number of ether oxygens (including phenoxy) is 1. The Kier molecular flexibility index (Phi) is 4.93. The molecule has 0 atom stereocenters. The first kappa shape index (κ1) is 19.3. The summed E-state index contributed by atoms with van der Waals surface area (Å²) < 4.78 is 36.0. The average Bonchev–Trinajstić information content (AvgIpc) is 3.37. The number of aromatic nitrogens is 2. The van der Waals surface area contributed by atoms with Gasteiger partial charge in [0.25, 0.3) is 10.0 Å². The molecule has 2 aromatic heterocycles. The van der Waals surface area contributed by atoms with Gasteiger partial charge in [-0.05, 0) is 48.5 Å². The number of rotatable bonds is 6. The van der Waals surface area contributed by atoms with Gasteiger partial charge in [-0.1, -0.05) is 30.3 Å². The number of fused-ring (bicyclic) bond motifs is 1. The molecule has 5 aromatic rings. The molecule has 31 heavy (non-hydrogen) atoms. The second kappa shape index (κ2) is 7.90. The molecule has 0 aliphatic heterocycles. The van der Waals surface area contributed by atoms with Crippen LogP contribution in [0, 0.1) is 0 Å². The van der Waals surface area contributed by atoms with Crippen molar-refractivity contribution in [1.82, 2.24) is 9.38 Å². The number of nitrogens with zero attached hydrogens (tertiary/aromatic N) is 2. The Bertz CT molecular complexity index is 1410. The van der Waals surface area contributed by atoms with Crippen molar-refractivity contribution >= 4 is 32.0 Å². The molecule has 0 saturated carbocycles. The van der Waals surface area contributed by atoms with Gasteiger partial charge in [-0.15, -0.1) is 11.3 Å². The van der Waals surface area contributed by atoms with E-state index in [2.05, 4.69) is 9.71 Å². The minimum absolute atomic E-state index is 0.154. The Balaban J connectivity index is 1.35. The number of sulfonamides is 1. The minimum atomic E-state index is -3.74. The molecule has 5 rings (SSSR count). The summed E-state index contributed by atoms with van der Waals surface area (Å²) in [5.41, 5.74) is 2.09. The lowest BCUT2D eigenvalue weighted by atomic mass is 10.1. The highest BCUT2D eigenvalue weighted by Gasteiger charge is 2.15. The Morgan fingerprint density at radius 3 is 2.45 bits per heavy atom. The molecule has 1 N–H and O–H groups in total. The molecular weight excluding hydrogens is 430 g/mol. The van der Waals surface area contributed by atoms with Crippen LogP contribution in [0.2, 0.25) is 0 Å². The highest BCUT2D eigenvalue weighted by Crippen LogP contribution is 2.27. The molecule has 0 fully saturated rings. The molecule has 0 saturated heterocycles. The van der Waals surface area contributed by atoms with E-state index in [4.69, 9.17) is 4.74 Å². The van der Waals surface area contributed by atoms with Gasteiger partial charge in [-0.2, -0.15) is 0 Å². The maximum absolute atomic E-state index is 12.8. The molecular formula is C23H17N3O3S2. The molecule has 0 radical (unpaired) electrons. The molecule has 0 aliphatic rings. The Morgan fingerprint density at radius 2 is 1.68 bits per heavy atom. The van der Waals surface area contributed by atoms with Crippen LogP contribution in [0.15, 0.2) is 102 Å². The lowest BCUT2D eigenvalue weighted by Gasteiger charge is -2.10. The zero-order valence-electron chi connectivity index (χ0n) is 16.2. The van der Waals surface area contributed by atoms with E-state index in [-0.39, 0.29) is 4.90 Å². The third kappa shape index (κ3) is 4.16. The monoisotopic (exact) mass is 447 g/mol. The summed E-state index contributed by atoms with van der Waals surface area (Å²) in [5, 5.41) is 1.97. The fourth-order valence-corrected chi connectivity index (χ4v) is 4.88. The second-order valence-electron chi connectivity index (χ2n) is 6.79. The summed E-state index contributed by atoms with van der Waals surface area (Å²) >= 11 is 1.55. The van der Waals surface area contributed by atoms with Crippen LogP contribution in [0.5, 0.6) is 11.5 Å². The molecule has 0 spiro atoms. The van der Waals surface area contributed by atoms with Crippen molar-refractivity contribution < 1.29 is 13.2 Å². The second-order valence-corrected chi connectivity index (χ2v) is 9.35. The van der Waals surface area contributed by atoms with Crippen molar-refractivity contribution in [1.29, 1.82) is 0 Å². The highest BCUT2D eigenvalue weighted by molar-refractivity contribution is 7.92. The number of nitrogens with one attached hydrogen (secondary N) is 1. The number of para-hydroxylation sites is 1. The molecule has 154 valence electrons. The molecule has 8 heteroatoms. The third-order valence-electron chi connectivity index (χ3n) is 4.62. The zero-order chi connectivity index (χ0) is 21.3. The normalized spacial score (nSPS) is 11.5. The van der Waals surface area contributed by atoms with Crippen LogP contribution in [-0.4, -0.2) is 17.8 Å². The summed E-state index contributed by atoms with van der Waals surface area (Å²) in [6, 6.07) is 22.8. The largest absolute Gasteiger partial charge is 0.457 e. The van der Waals surface area contributed by atoms with E-state index in [9.17, 15) is 8.42 Å². The summed E-state index contributed by atoms with van der Waals surface area (Å²) in [6.07, 6.45) is 3.86. The summed E-state index contributed by atoms with van der Waals surface area (Å²) in [7, 11) is -3.74. The SMILES string of the molecule is O=S(=O)(Nc1cccc(-c2cn3ccsc3n2)c1)c1ccc(Oc2ccccc2)cc1. The zero-order valence-corrected chi connectivity index (χ0v) is 17.8. The number of hydrogen-bond acceptors (Lipinski definition) is 5. The van der Waals surface area contributed by atoms with Gasteiger partial charge in [0.05, 0.1) is 10.6 Å². The number of anilines is 1. The van der Waals surface area contributed by atoms with Crippen LogP contribution in [0.3, 0.4) is 0 Å². The van der Waals surface area contributed by atoms with Gasteiger partial charge in [0.2, 0.25) is 0 Å². The maximum Gasteiger partial charge on any atom is 0.261 e. The predicted molar refractivity (Wildman–Crippen MR) is 122 cm³/mol. The maximum atomic E-state index is 12.8. The number of benzene rings is 3. The van der Waals surface area contributed by atoms with Gasteiger partial charge in [0.15, 0.2) is 4.96 Å². The Labute approximate surface area is 183 Å². The quantitative estimate of drug-likeness (QED) is 0.365. The van der Waals surface area contributed by atoms with Crippen molar-refractivity contribution in [2.24, 2.45) is 0 Å². The van der Waals surface area contributed by atoms with E-state index in [1.807, 2.05) is 58.6 Å². The van der Waals surface area contributed by atoms with Gasteiger partial charge < -0.3 is 4.74 Å². The topological polar surface area (TPSA) is 72.7 Å². The third-order valence-corrected chi connectivity index (χ3v) is 6.78. The van der Waals surface area contributed by atoms with Gasteiger partial charge >= 0.3 is 0 Å². The molecule has 3 aromatic carbocycles. The van der Waals surface area contributed by atoms with Gasteiger partial charge in [0.1, 0.15) is 11.5 Å². The van der Waals surface area contributed by atoms with E-state index < -0.39 is 10.0 Å².